The molecule has 0 spiro atoms. The monoisotopic (exact) mass is 299 g/mol. The molecule has 2 heterocycles. The van der Waals surface area contributed by atoms with E-state index in [9.17, 15) is 5.11 Å². The smallest absolute Gasteiger partial charge is 0.0673 e. The second kappa shape index (κ2) is 5.61. The quantitative estimate of drug-likeness (QED) is 0.855. The zero-order valence-corrected chi connectivity index (χ0v) is 12.4. The molecule has 0 aromatic heterocycles. The zero-order chi connectivity index (χ0) is 13.4. The largest absolute Gasteiger partial charge is 0.392 e. The van der Waals surface area contributed by atoms with E-state index >= 15 is 0 Å². The summed E-state index contributed by atoms with van der Waals surface area (Å²) in [6.07, 6.45) is 4.22. The van der Waals surface area contributed by atoms with Gasteiger partial charge in [-0.2, -0.15) is 0 Å². The van der Waals surface area contributed by atoms with Crippen LogP contribution >= 0.6 is 23.2 Å². The lowest BCUT2D eigenvalue weighted by atomic mass is 9.88. The van der Waals surface area contributed by atoms with Gasteiger partial charge >= 0.3 is 0 Å². The number of hydrogen-bond donors (Lipinski definition) is 1. The maximum atomic E-state index is 10.2. The first kappa shape index (κ1) is 13.7. The lowest BCUT2D eigenvalue weighted by Gasteiger charge is -2.23. The molecule has 0 aliphatic carbocycles. The van der Waals surface area contributed by atoms with Crippen LogP contribution in [0.4, 0.5) is 0 Å². The molecule has 1 aromatic rings. The molecule has 104 valence electrons. The first-order valence-electron chi connectivity index (χ1n) is 7.00. The molecular weight excluding hydrogens is 281 g/mol. The third-order valence-electron chi connectivity index (χ3n) is 4.47. The standard InChI is InChI=1S/C15H19Cl2NO/c16-14-4-3-10(8-15(14)17)11-6-12-2-1-5-18(12)9-13(19)7-11/h3-4,8,11-13,19H,1-2,5-7,9H2/t11-,12?,13-/m0/s1. The van der Waals surface area contributed by atoms with Crippen LogP contribution in [0.3, 0.4) is 0 Å². The summed E-state index contributed by atoms with van der Waals surface area (Å²) in [5.74, 6) is 0.387. The minimum absolute atomic E-state index is 0.234. The van der Waals surface area contributed by atoms with Crippen molar-refractivity contribution in [1.29, 1.82) is 0 Å². The Morgan fingerprint density at radius 2 is 2.00 bits per heavy atom. The van der Waals surface area contributed by atoms with E-state index in [0.29, 0.717) is 22.0 Å². The maximum Gasteiger partial charge on any atom is 0.0673 e. The fourth-order valence-corrected chi connectivity index (χ4v) is 3.85. The highest BCUT2D eigenvalue weighted by Crippen LogP contribution is 2.37. The van der Waals surface area contributed by atoms with Crippen molar-refractivity contribution in [2.45, 2.75) is 43.7 Å². The maximum absolute atomic E-state index is 10.2. The molecular formula is C15H19Cl2NO. The molecule has 0 radical (unpaired) electrons. The van der Waals surface area contributed by atoms with Crippen molar-refractivity contribution in [3.8, 4) is 0 Å². The highest BCUT2D eigenvalue weighted by molar-refractivity contribution is 6.42. The third kappa shape index (κ3) is 2.92. The average molecular weight is 300 g/mol. The van der Waals surface area contributed by atoms with Gasteiger partial charge in [-0.3, -0.25) is 4.90 Å². The highest BCUT2D eigenvalue weighted by Gasteiger charge is 2.33. The Bertz CT molecular complexity index is 465. The average Bonchev–Trinajstić information content (AvgIpc) is 2.73. The van der Waals surface area contributed by atoms with E-state index in [1.807, 2.05) is 12.1 Å². The van der Waals surface area contributed by atoms with Gasteiger partial charge in [0, 0.05) is 12.6 Å². The number of aliphatic hydroxyl groups is 1. The summed E-state index contributed by atoms with van der Waals surface area (Å²) in [6, 6.07) is 6.50. The van der Waals surface area contributed by atoms with Gasteiger partial charge in [0.05, 0.1) is 16.1 Å². The van der Waals surface area contributed by atoms with Gasteiger partial charge in [-0.05, 0) is 55.8 Å². The van der Waals surface area contributed by atoms with Crippen molar-refractivity contribution in [2.75, 3.05) is 13.1 Å². The number of fused-ring (bicyclic) bond motifs is 1. The van der Waals surface area contributed by atoms with Crippen LogP contribution in [0.15, 0.2) is 18.2 Å². The molecule has 1 aromatic carbocycles. The predicted octanol–water partition coefficient (Wildman–Crippen LogP) is 3.70. The summed E-state index contributed by atoms with van der Waals surface area (Å²) in [5.41, 5.74) is 1.21. The van der Waals surface area contributed by atoms with Gasteiger partial charge in [0.2, 0.25) is 0 Å². The molecule has 3 atom stereocenters. The number of halogens is 2. The zero-order valence-electron chi connectivity index (χ0n) is 10.9. The third-order valence-corrected chi connectivity index (χ3v) is 5.21. The summed E-state index contributed by atoms with van der Waals surface area (Å²) in [7, 11) is 0. The van der Waals surface area contributed by atoms with E-state index in [1.165, 1.54) is 18.4 Å². The van der Waals surface area contributed by atoms with E-state index in [2.05, 4.69) is 11.0 Å². The van der Waals surface area contributed by atoms with Gasteiger partial charge in [0.25, 0.3) is 0 Å². The van der Waals surface area contributed by atoms with Crippen molar-refractivity contribution < 1.29 is 5.11 Å². The molecule has 19 heavy (non-hydrogen) atoms. The normalized spacial score (nSPS) is 32.1. The van der Waals surface area contributed by atoms with Crippen molar-refractivity contribution in [3.05, 3.63) is 33.8 Å². The molecule has 0 bridgehead atoms. The van der Waals surface area contributed by atoms with Gasteiger partial charge in [0.1, 0.15) is 0 Å². The Morgan fingerprint density at radius 1 is 1.16 bits per heavy atom. The number of aliphatic hydroxyl groups excluding tert-OH is 1. The molecule has 4 heteroatoms. The Morgan fingerprint density at radius 3 is 2.79 bits per heavy atom. The van der Waals surface area contributed by atoms with Gasteiger partial charge in [0.15, 0.2) is 0 Å². The highest BCUT2D eigenvalue weighted by atomic mass is 35.5. The lowest BCUT2D eigenvalue weighted by molar-refractivity contribution is 0.116. The van der Waals surface area contributed by atoms with E-state index in [0.717, 1.165) is 25.9 Å². The predicted molar refractivity (Wildman–Crippen MR) is 79.0 cm³/mol. The summed E-state index contributed by atoms with van der Waals surface area (Å²) >= 11 is 12.1. The van der Waals surface area contributed by atoms with Gasteiger partial charge < -0.3 is 5.11 Å². The molecule has 2 nitrogen and oxygen atoms in total. The number of nitrogens with zero attached hydrogens (tertiary/aromatic N) is 1. The van der Waals surface area contributed by atoms with Gasteiger partial charge in [-0.25, -0.2) is 0 Å². The van der Waals surface area contributed by atoms with Crippen LogP contribution in [0.1, 0.15) is 37.2 Å². The summed E-state index contributed by atoms with van der Waals surface area (Å²) in [6.45, 7) is 1.96. The molecule has 2 saturated heterocycles. The van der Waals surface area contributed by atoms with Crippen LogP contribution in [-0.2, 0) is 0 Å². The molecule has 2 aliphatic heterocycles. The van der Waals surface area contributed by atoms with Crippen LogP contribution in [0.2, 0.25) is 10.0 Å². The Balaban J connectivity index is 1.84. The Labute approximate surface area is 124 Å². The topological polar surface area (TPSA) is 23.5 Å². The molecule has 0 saturated carbocycles. The lowest BCUT2D eigenvalue weighted by Crippen LogP contribution is -2.33. The van der Waals surface area contributed by atoms with Crippen LogP contribution in [-0.4, -0.2) is 35.2 Å². The van der Waals surface area contributed by atoms with E-state index < -0.39 is 0 Å². The SMILES string of the molecule is O[C@H]1C[C@@H](c2ccc(Cl)c(Cl)c2)CC2CCCN2C1. The summed E-state index contributed by atoms with van der Waals surface area (Å²) < 4.78 is 0. The number of benzene rings is 1. The second-order valence-corrected chi connectivity index (χ2v) is 6.60. The van der Waals surface area contributed by atoms with Gasteiger partial charge in [-0.15, -0.1) is 0 Å². The van der Waals surface area contributed by atoms with Crippen molar-refractivity contribution in [1.82, 2.24) is 4.90 Å². The molecule has 2 aliphatic rings. The van der Waals surface area contributed by atoms with Crippen LogP contribution < -0.4 is 0 Å². The van der Waals surface area contributed by atoms with E-state index in [1.54, 1.807) is 0 Å². The molecule has 0 amide bonds. The van der Waals surface area contributed by atoms with E-state index in [4.69, 9.17) is 23.2 Å². The van der Waals surface area contributed by atoms with Crippen molar-refractivity contribution >= 4 is 23.2 Å². The van der Waals surface area contributed by atoms with Crippen LogP contribution in [0, 0.1) is 0 Å². The molecule has 1 N–H and O–H groups in total. The molecule has 2 fully saturated rings. The van der Waals surface area contributed by atoms with Crippen molar-refractivity contribution in [3.63, 3.8) is 0 Å². The second-order valence-electron chi connectivity index (χ2n) is 5.79. The summed E-state index contributed by atoms with van der Waals surface area (Å²) in [5, 5.41) is 11.4. The first-order chi connectivity index (χ1) is 9.13. The molecule has 1 unspecified atom stereocenters. The molecule has 3 rings (SSSR count). The van der Waals surface area contributed by atoms with Gasteiger partial charge in [-0.1, -0.05) is 29.3 Å². The number of hydrogen-bond acceptors (Lipinski definition) is 2. The Kier molecular flexibility index (Phi) is 4.04. The van der Waals surface area contributed by atoms with E-state index in [-0.39, 0.29) is 6.10 Å². The number of rotatable bonds is 1. The fourth-order valence-electron chi connectivity index (χ4n) is 3.54. The fraction of sp³-hybridized carbons (Fsp3) is 0.600. The van der Waals surface area contributed by atoms with Crippen LogP contribution in [0.25, 0.3) is 0 Å². The minimum Gasteiger partial charge on any atom is -0.392 e. The Hall–Kier alpha value is -0.280. The van der Waals surface area contributed by atoms with Crippen molar-refractivity contribution in [2.24, 2.45) is 0 Å². The minimum atomic E-state index is -0.234. The van der Waals surface area contributed by atoms with Crippen LogP contribution in [0.5, 0.6) is 0 Å². The summed E-state index contributed by atoms with van der Waals surface area (Å²) in [4.78, 5) is 2.45. The first-order valence-corrected chi connectivity index (χ1v) is 7.76.